The second-order valence-corrected chi connectivity index (χ2v) is 7.11. The highest BCUT2D eigenvalue weighted by molar-refractivity contribution is 7.99. The molecule has 1 fully saturated rings. The zero-order valence-electron chi connectivity index (χ0n) is 13.6. The molecule has 0 bridgehead atoms. The highest BCUT2D eigenvalue weighted by Crippen LogP contribution is 2.25. The Labute approximate surface area is 140 Å². The minimum Gasteiger partial charge on any atom is -0.481 e. The molecule has 2 rings (SSSR count). The van der Waals surface area contributed by atoms with Gasteiger partial charge in [-0.15, -0.1) is 0 Å². The van der Waals surface area contributed by atoms with Crippen LogP contribution in [0.5, 0.6) is 5.75 Å². The predicted octanol–water partition coefficient (Wildman–Crippen LogP) is 2.64. The Morgan fingerprint density at radius 1 is 1.26 bits per heavy atom. The third-order valence-electron chi connectivity index (χ3n) is 3.95. The van der Waals surface area contributed by atoms with Gasteiger partial charge in [-0.05, 0) is 67.4 Å². The Balaban J connectivity index is 1.98. The molecule has 23 heavy (non-hydrogen) atoms. The number of carbonyl (C=O) groups is 2. The number of benzene rings is 1. The molecule has 0 spiro atoms. The molecule has 126 valence electrons. The molecule has 1 amide bonds. The minimum absolute atomic E-state index is 0.0841. The van der Waals surface area contributed by atoms with Crippen molar-refractivity contribution in [2.45, 2.75) is 26.7 Å². The first-order valence-corrected chi connectivity index (χ1v) is 8.94. The fourth-order valence-electron chi connectivity index (χ4n) is 2.73. The van der Waals surface area contributed by atoms with Crippen molar-refractivity contribution in [2.24, 2.45) is 5.92 Å². The zero-order chi connectivity index (χ0) is 16.8. The lowest BCUT2D eigenvalue weighted by Gasteiger charge is -2.21. The van der Waals surface area contributed by atoms with E-state index in [2.05, 4.69) is 5.32 Å². The average molecular weight is 337 g/mol. The van der Waals surface area contributed by atoms with Gasteiger partial charge < -0.3 is 15.2 Å². The van der Waals surface area contributed by atoms with Crippen molar-refractivity contribution in [3.63, 3.8) is 0 Å². The van der Waals surface area contributed by atoms with E-state index in [-0.39, 0.29) is 12.5 Å². The molecule has 0 unspecified atom stereocenters. The van der Waals surface area contributed by atoms with Crippen molar-refractivity contribution in [1.29, 1.82) is 0 Å². The standard InChI is InChI=1S/C17H23NO4S/c1-11-7-14(8-12(2)16(11)22-10-15(19)20)17(21)18-9-13-3-5-23-6-4-13/h7-8,13H,3-6,9-10H2,1-2H3,(H,18,21)(H,19,20). The first-order valence-electron chi connectivity index (χ1n) is 7.79. The molecule has 2 N–H and O–H groups in total. The quantitative estimate of drug-likeness (QED) is 0.834. The van der Waals surface area contributed by atoms with Crippen LogP contribution in [0.15, 0.2) is 12.1 Å². The first kappa shape index (κ1) is 17.7. The van der Waals surface area contributed by atoms with E-state index in [1.165, 1.54) is 11.5 Å². The normalized spacial score (nSPS) is 15.2. The molecule has 6 heteroatoms. The molecule has 0 aromatic heterocycles. The van der Waals surface area contributed by atoms with Crippen molar-refractivity contribution in [1.82, 2.24) is 5.32 Å². The van der Waals surface area contributed by atoms with Gasteiger partial charge in [0.15, 0.2) is 6.61 Å². The third-order valence-corrected chi connectivity index (χ3v) is 5.00. The third kappa shape index (κ3) is 5.16. The number of hydrogen-bond donors (Lipinski definition) is 2. The highest BCUT2D eigenvalue weighted by Gasteiger charge is 2.16. The number of rotatable bonds is 6. The van der Waals surface area contributed by atoms with Gasteiger partial charge in [0.1, 0.15) is 5.75 Å². The Bertz CT molecular complexity index is 559. The molecule has 0 atom stereocenters. The number of carboxylic acids is 1. The first-order chi connectivity index (χ1) is 11.0. The van der Waals surface area contributed by atoms with E-state index < -0.39 is 5.97 Å². The molecule has 1 saturated heterocycles. The summed E-state index contributed by atoms with van der Waals surface area (Å²) in [5.74, 6) is 2.35. The van der Waals surface area contributed by atoms with E-state index in [0.717, 1.165) is 30.5 Å². The second-order valence-electron chi connectivity index (χ2n) is 5.89. The van der Waals surface area contributed by atoms with Crippen molar-refractivity contribution in [2.75, 3.05) is 24.7 Å². The predicted molar refractivity (Wildman–Crippen MR) is 91.4 cm³/mol. The Kier molecular flexibility index (Phi) is 6.33. The lowest BCUT2D eigenvalue weighted by atomic mass is 10.0. The summed E-state index contributed by atoms with van der Waals surface area (Å²) < 4.78 is 5.29. The van der Waals surface area contributed by atoms with Gasteiger partial charge >= 0.3 is 5.97 Å². The molecule has 0 saturated carbocycles. The Hall–Kier alpha value is -1.69. The molecule has 0 radical (unpaired) electrons. The SMILES string of the molecule is Cc1cc(C(=O)NCC2CCSCC2)cc(C)c1OCC(=O)O. The summed E-state index contributed by atoms with van der Waals surface area (Å²) in [5, 5.41) is 11.7. The topological polar surface area (TPSA) is 75.6 Å². The molecular formula is C17H23NO4S. The van der Waals surface area contributed by atoms with E-state index >= 15 is 0 Å². The van der Waals surface area contributed by atoms with Crippen LogP contribution in [-0.2, 0) is 4.79 Å². The highest BCUT2D eigenvalue weighted by atomic mass is 32.2. The molecule has 1 aliphatic rings. The van der Waals surface area contributed by atoms with Gasteiger partial charge in [-0.1, -0.05) is 0 Å². The number of carboxylic acid groups (broad SMARTS) is 1. The number of carbonyl (C=O) groups excluding carboxylic acids is 1. The molecular weight excluding hydrogens is 314 g/mol. The zero-order valence-corrected chi connectivity index (χ0v) is 14.4. The number of nitrogens with one attached hydrogen (secondary N) is 1. The van der Waals surface area contributed by atoms with Gasteiger partial charge in [-0.3, -0.25) is 4.79 Å². The number of aryl methyl sites for hydroxylation is 2. The molecule has 0 aliphatic carbocycles. The van der Waals surface area contributed by atoms with Crippen molar-refractivity contribution in [3.8, 4) is 5.75 Å². The molecule has 1 aromatic rings. The summed E-state index contributed by atoms with van der Waals surface area (Å²) in [6.45, 7) is 3.97. The lowest BCUT2D eigenvalue weighted by Crippen LogP contribution is -2.31. The van der Waals surface area contributed by atoms with E-state index in [1.54, 1.807) is 12.1 Å². The lowest BCUT2D eigenvalue weighted by molar-refractivity contribution is -0.139. The Morgan fingerprint density at radius 3 is 2.43 bits per heavy atom. The number of amides is 1. The van der Waals surface area contributed by atoms with Crippen LogP contribution in [0.3, 0.4) is 0 Å². The van der Waals surface area contributed by atoms with Crippen LogP contribution in [0.4, 0.5) is 0 Å². The van der Waals surface area contributed by atoms with Crippen LogP contribution in [0.2, 0.25) is 0 Å². The molecule has 5 nitrogen and oxygen atoms in total. The Morgan fingerprint density at radius 2 is 1.87 bits per heavy atom. The van der Waals surface area contributed by atoms with Crippen LogP contribution < -0.4 is 10.1 Å². The fourth-order valence-corrected chi connectivity index (χ4v) is 3.94. The summed E-state index contributed by atoms with van der Waals surface area (Å²) in [5.41, 5.74) is 2.13. The smallest absolute Gasteiger partial charge is 0.341 e. The van der Waals surface area contributed by atoms with Gasteiger partial charge in [0.05, 0.1) is 0 Å². The number of ether oxygens (including phenoxy) is 1. The maximum atomic E-state index is 12.3. The monoisotopic (exact) mass is 337 g/mol. The summed E-state index contributed by atoms with van der Waals surface area (Å²) in [7, 11) is 0. The van der Waals surface area contributed by atoms with E-state index in [0.29, 0.717) is 17.2 Å². The van der Waals surface area contributed by atoms with Crippen molar-refractivity contribution >= 4 is 23.6 Å². The second kappa shape index (κ2) is 8.24. The summed E-state index contributed by atoms with van der Waals surface area (Å²) in [6.07, 6.45) is 2.32. The van der Waals surface area contributed by atoms with Crippen LogP contribution in [0.25, 0.3) is 0 Å². The number of thioether (sulfide) groups is 1. The summed E-state index contributed by atoms with van der Waals surface area (Å²) in [6, 6.07) is 3.49. The maximum absolute atomic E-state index is 12.3. The molecule has 1 aliphatic heterocycles. The van der Waals surface area contributed by atoms with Crippen LogP contribution in [0.1, 0.15) is 34.3 Å². The minimum atomic E-state index is -1.02. The fraction of sp³-hybridized carbons (Fsp3) is 0.529. The van der Waals surface area contributed by atoms with Crippen LogP contribution in [-0.4, -0.2) is 41.6 Å². The maximum Gasteiger partial charge on any atom is 0.341 e. The van der Waals surface area contributed by atoms with Crippen molar-refractivity contribution in [3.05, 3.63) is 28.8 Å². The van der Waals surface area contributed by atoms with Gasteiger partial charge in [0, 0.05) is 12.1 Å². The van der Waals surface area contributed by atoms with Crippen LogP contribution >= 0.6 is 11.8 Å². The van der Waals surface area contributed by atoms with Gasteiger partial charge in [0.25, 0.3) is 5.91 Å². The van der Waals surface area contributed by atoms with Gasteiger partial charge in [-0.25, -0.2) is 4.79 Å². The van der Waals surface area contributed by atoms with Gasteiger partial charge in [0.2, 0.25) is 0 Å². The molecule has 1 heterocycles. The number of aliphatic carboxylic acids is 1. The van der Waals surface area contributed by atoms with E-state index in [9.17, 15) is 9.59 Å². The summed E-state index contributed by atoms with van der Waals surface area (Å²) >= 11 is 1.97. The van der Waals surface area contributed by atoms with E-state index in [1.807, 2.05) is 25.6 Å². The largest absolute Gasteiger partial charge is 0.481 e. The van der Waals surface area contributed by atoms with Gasteiger partial charge in [-0.2, -0.15) is 11.8 Å². The van der Waals surface area contributed by atoms with E-state index in [4.69, 9.17) is 9.84 Å². The van der Waals surface area contributed by atoms with Crippen LogP contribution in [0, 0.1) is 19.8 Å². The average Bonchev–Trinajstić information content (AvgIpc) is 2.52. The van der Waals surface area contributed by atoms with Crippen molar-refractivity contribution < 1.29 is 19.4 Å². The summed E-state index contributed by atoms with van der Waals surface area (Å²) in [4.78, 5) is 22.9. The number of hydrogen-bond acceptors (Lipinski definition) is 4. The molecule has 1 aromatic carbocycles.